The van der Waals surface area contributed by atoms with E-state index >= 15 is 0 Å². The number of amides is 5. The van der Waals surface area contributed by atoms with Crippen molar-refractivity contribution in [2.45, 2.75) is 43.4 Å². The molecule has 15 heteroatoms. The summed E-state index contributed by atoms with van der Waals surface area (Å²) < 4.78 is 0. The monoisotopic (exact) mass is 631 g/mol. The topological polar surface area (TPSA) is 250 Å². The quantitative estimate of drug-likeness (QED) is 0.0687. The summed E-state index contributed by atoms with van der Waals surface area (Å²) in [6.07, 6.45) is 4.81. The van der Waals surface area contributed by atoms with Crippen LogP contribution in [0.5, 0.6) is 0 Å². The lowest BCUT2D eigenvalue weighted by atomic mass is 10.0. The van der Waals surface area contributed by atoms with E-state index in [1.54, 1.807) is 6.20 Å². The van der Waals surface area contributed by atoms with Crippen LogP contribution in [0.3, 0.4) is 0 Å². The van der Waals surface area contributed by atoms with Gasteiger partial charge in [0.15, 0.2) is 0 Å². The molecule has 4 rings (SSSR count). The predicted molar refractivity (Wildman–Crippen MR) is 167 cm³/mol. The average Bonchev–Trinajstić information content (AvgIpc) is 3.72. The summed E-state index contributed by atoms with van der Waals surface area (Å²) in [7, 11) is 0. The molecule has 0 spiro atoms. The molecule has 0 unspecified atom stereocenters. The molecule has 46 heavy (non-hydrogen) atoms. The standard InChI is InChI=1S/C31H37N9O6/c32-22(10-18-6-2-1-3-7-18)28(43)38-25(12-20-14-34-17-37-20)30(45)40-26(16-41)31(46)39-24(29(44)36-15-27(33)42)11-19-13-35-23-9-5-4-8-21(19)23/h1-9,13-14,17,22,24-26,35,41H,10-12,15-16,32H2,(H2,33,42)(H,34,37)(H,36,44)(H,38,43)(H,39,46)(H,40,45)/t22-,24-,25-,26-/m0/s1. The molecule has 4 atom stereocenters. The number of H-pyrrole nitrogens is 2. The molecule has 0 bridgehead atoms. The van der Waals surface area contributed by atoms with Crippen LogP contribution in [0.15, 0.2) is 73.3 Å². The number of fused-ring (bicyclic) bond motifs is 1. The largest absolute Gasteiger partial charge is 0.394 e. The van der Waals surface area contributed by atoms with E-state index in [4.69, 9.17) is 11.5 Å². The number of carbonyl (C=O) groups excluding carboxylic acids is 5. The van der Waals surface area contributed by atoms with Crippen LogP contribution in [0.2, 0.25) is 0 Å². The number of para-hydroxylation sites is 1. The van der Waals surface area contributed by atoms with Gasteiger partial charge in [-0.3, -0.25) is 24.0 Å². The first-order chi connectivity index (χ1) is 22.1. The van der Waals surface area contributed by atoms with Crippen LogP contribution in [0.1, 0.15) is 16.8 Å². The zero-order chi connectivity index (χ0) is 33.1. The zero-order valence-corrected chi connectivity index (χ0v) is 24.9. The van der Waals surface area contributed by atoms with Crippen molar-refractivity contribution in [3.63, 3.8) is 0 Å². The van der Waals surface area contributed by atoms with Crippen LogP contribution in [-0.4, -0.2) is 86.9 Å². The number of aromatic amines is 2. The Morgan fingerprint density at radius 2 is 1.43 bits per heavy atom. The van der Waals surface area contributed by atoms with Gasteiger partial charge in [-0.25, -0.2) is 4.98 Å². The Morgan fingerprint density at radius 3 is 2.13 bits per heavy atom. The normalized spacial score (nSPS) is 13.6. The number of hydrogen-bond donors (Lipinski definition) is 9. The summed E-state index contributed by atoms with van der Waals surface area (Å²) in [4.78, 5) is 74.0. The molecule has 0 saturated carbocycles. The summed E-state index contributed by atoms with van der Waals surface area (Å²) in [6.45, 7) is -1.28. The first kappa shape index (κ1) is 33.4. The molecule has 0 fully saturated rings. The molecule has 0 saturated heterocycles. The van der Waals surface area contributed by atoms with Crippen molar-refractivity contribution in [3.05, 3.63) is 90.1 Å². The van der Waals surface area contributed by atoms with Crippen molar-refractivity contribution in [3.8, 4) is 0 Å². The maximum atomic E-state index is 13.4. The van der Waals surface area contributed by atoms with Crippen LogP contribution >= 0.6 is 0 Å². The average molecular weight is 632 g/mol. The number of aliphatic hydroxyl groups is 1. The molecular formula is C31H37N9O6. The van der Waals surface area contributed by atoms with E-state index in [1.165, 1.54) is 12.5 Å². The van der Waals surface area contributed by atoms with Gasteiger partial charge in [0.2, 0.25) is 29.5 Å². The molecule has 0 aliphatic carbocycles. The predicted octanol–water partition coefficient (Wildman–Crippen LogP) is -1.71. The lowest BCUT2D eigenvalue weighted by Crippen LogP contribution is -2.59. The number of nitrogens with two attached hydrogens (primary N) is 2. The van der Waals surface area contributed by atoms with Crippen LogP contribution in [0, 0.1) is 0 Å². The number of primary amides is 1. The van der Waals surface area contributed by atoms with Crippen LogP contribution < -0.4 is 32.7 Å². The Labute approximate surface area is 263 Å². The second kappa shape index (κ2) is 16.0. The van der Waals surface area contributed by atoms with Gasteiger partial charge in [0.05, 0.1) is 25.5 Å². The summed E-state index contributed by atoms with van der Waals surface area (Å²) >= 11 is 0. The maximum Gasteiger partial charge on any atom is 0.245 e. The Bertz CT molecular complexity index is 1640. The van der Waals surface area contributed by atoms with E-state index in [9.17, 15) is 29.1 Å². The number of carbonyl (C=O) groups is 5. The highest BCUT2D eigenvalue weighted by Crippen LogP contribution is 2.19. The fourth-order valence-electron chi connectivity index (χ4n) is 4.83. The fourth-order valence-corrected chi connectivity index (χ4v) is 4.83. The van der Waals surface area contributed by atoms with Gasteiger partial charge >= 0.3 is 0 Å². The third kappa shape index (κ3) is 9.23. The highest BCUT2D eigenvalue weighted by atomic mass is 16.3. The first-order valence-corrected chi connectivity index (χ1v) is 14.5. The Kier molecular flexibility index (Phi) is 11.6. The van der Waals surface area contributed by atoms with Gasteiger partial charge in [0.1, 0.15) is 18.1 Å². The summed E-state index contributed by atoms with van der Waals surface area (Å²) in [5.41, 5.74) is 14.2. The number of hydrogen-bond acceptors (Lipinski definition) is 8. The molecule has 2 aromatic heterocycles. The number of rotatable bonds is 16. The van der Waals surface area contributed by atoms with Crippen molar-refractivity contribution in [2.75, 3.05) is 13.2 Å². The number of imidazole rings is 1. The van der Waals surface area contributed by atoms with Gasteiger partial charge in [0.25, 0.3) is 0 Å². The number of nitrogens with one attached hydrogen (secondary N) is 6. The van der Waals surface area contributed by atoms with Gasteiger partial charge in [-0.15, -0.1) is 0 Å². The minimum Gasteiger partial charge on any atom is -0.394 e. The highest BCUT2D eigenvalue weighted by molar-refractivity contribution is 5.96. The van der Waals surface area contributed by atoms with E-state index in [2.05, 4.69) is 36.2 Å². The summed E-state index contributed by atoms with van der Waals surface area (Å²) in [6, 6.07) is 11.6. The molecule has 11 N–H and O–H groups in total. The number of aromatic nitrogens is 3. The highest BCUT2D eigenvalue weighted by Gasteiger charge is 2.31. The molecule has 0 radical (unpaired) electrons. The van der Waals surface area contributed by atoms with Crippen LogP contribution in [-0.2, 0) is 43.2 Å². The smallest absolute Gasteiger partial charge is 0.245 e. The Morgan fingerprint density at radius 1 is 0.783 bits per heavy atom. The summed E-state index contributed by atoms with van der Waals surface area (Å²) in [5.74, 6) is -3.73. The van der Waals surface area contributed by atoms with Crippen LogP contribution in [0.25, 0.3) is 10.9 Å². The van der Waals surface area contributed by atoms with Gasteiger partial charge in [0, 0.05) is 41.8 Å². The van der Waals surface area contributed by atoms with Crippen molar-refractivity contribution >= 4 is 40.4 Å². The minimum absolute atomic E-state index is 0.0181. The molecule has 2 aromatic carbocycles. The van der Waals surface area contributed by atoms with E-state index in [0.717, 1.165) is 16.5 Å². The second-order valence-electron chi connectivity index (χ2n) is 10.7. The number of aliphatic hydroxyl groups excluding tert-OH is 1. The van der Waals surface area contributed by atoms with Crippen molar-refractivity contribution in [1.82, 2.24) is 36.2 Å². The summed E-state index contributed by atoms with van der Waals surface area (Å²) in [5, 5.41) is 20.9. The molecule has 0 aliphatic rings. The SMILES string of the molecule is NC(=O)CNC(=O)[C@H](Cc1c[nH]c2ccccc12)NC(=O)[C@H](CO)NC(=O)[C@H](Cc1cnc[nH]1)NC(=O)[C@@H](N)Cc1ccccc1. The first-order valence-electron chi connectivity index (χ1n) is 14.5. The van der Waals surface area contributed by atoms with E-state index < -0.39 is 66.9 Å². The van der Waals surface area contributed by atoms with E-state index in [-0.39, 0.29) is 19.3 Å². The number of nitrogens with zero attached hydrogens (tertiary/aromatic N) is 1. The lowest BCUT2D eigenvalue weighted by molar-refractivity contribution is -0.134. The molecule has 4 aromatic rings. The second-order valence-corrected chi connectivity index (χ2v) is 10.7. The molecule has 0 aliphatic heterocycles. The molecule has 15 nitrogen and oxygen atoms in total. The number of benzene rings is 2. The van der Waals surface area contributed by atoms with Gasteiger partial charge < -0.3 is 47.8 Å². The van der Waals surface area contributed by atoms with Crippen molar-refractivity contribution < 1.29 is 29.1 Å². The van der Waals surface area contributed by atoms with Crippen molar-refractivity contribution in [2.24, 2.45) is 11.5 Å². The lowest BCUT2D eigenvalue weighted by Gasteiger charge is -2.25. The molecule has 2 heterocycles. The Hall–Kier alpha value is -5.54. The molecular weight excluding hydrogens is 594 g/mol. The molecule has 242 valence electrons. The van der Waals surface area contributed by atoms with Crippen molar-refractivity contribution in [1.29, 1.82) is 0 Å². The van der Waals surface area contributed by atoms with E-state index in [1.807, 2.05) is 54.6 Å². The van der Waals surface area contributed by atoms with Crippen LogP contribution in [0.4, 0.5) is 0 Å². The zero-order valence-electron chi connectivity index (χ0n) is 24.9. The third-order valence-corrected chi connectivity index (χ3v) is 7.23. The fraction of sp³-hybridized carbons (Fsp3) is 0.290. The Balaban J connectivity index is 1.46. The van der Waals surface area contributed by atoms with Gasteiger partial charge in [-0.2, -0.15) is 0 Å². The molecule has 5 amide bonds. The van der Waals surface area contributed by atoms with Gasteiger partial charge in [-0.05, 0) is 23.6 Å². The van der Waals surface area contributed by atoms with E-state index in [0.29, 0.717) is 11.3 Å². The minimum atomic E-state index is -1.50. The maximum absolute atomic E-state index is 13.4. The van der Waals surface area contributed by atoms with Gasteiger partial charge in [-0.1, -0.05) is 48.5 Å². The third-order valence-electron chi connectivity index (χ3n) is 7.23.